The summed E-state index contributed by atoms with van der Waals surface area (Å²) in [5, 5.41) is 8.30. The number of carbonyl (C=O) groups is 1. The van der Waals surface area contributed by atoms with Gasteiger partial charge in [-0.05, 0) is 19.9 Å². The van der Waals surface area contributed by atoms with Gasteiger partial charge in [-0.1, -0.05) is 24.3 Å². The number of carboxylic acid groups (broad SMARTS) is 1. The lowest BCUT2D eigenvalue weighted by molar-refractivity contribution is -0.140. The molecular formula is C10H14O3. The van der Waals surface area contributed by atoms with E-state index in [1.807, 2.05) is 13.0 Å². The second-order valence-corrected chi connectivity index (χ2v) is 2.57. The second kappa shape index (κ2) is 6.06. The van der Waals surface area contributed by atoms with Crippen LogP contribution >= 0.6 is 0 Å². The monoisotopic (exact) mass is 182 g/mol. The van der Waals surface area contributed by atoms with E-state index >= 15 is 0 Å². The Labute approximate surface area is 78.0 Å². The van der Waals surface area contributed by atoms with Gasteiger partial charge in [0.2, 0.25) is 0 Å². The van der Waals surface area contributed by atoms with E-state index in [4.69, 9.17) is 9.84 Å². The van der Waals surface area contributed by atoms with Gasteiger partial charge < -0.3 is 9.84 Å². The Bertz CT molecular complexity index is 249. The summed E-state index contributed by atoms with van der Waals surface area (Å²) in [6.07, 6.45) is 5.23. The van der Waals surface area contributed by atoms with Crippen molar-refractivity contribution in [3.05, 3.63) is 36.1 Å². The first-order chi connectivity index (χ1) is 6.06. The highest BCUT2D eigenvalue weighted by molar-refractivity contribution is 5.68. The van der Waals surface area contributed by atoms with Crippen LogP contribution in [-0.2, 0) is 9.53 Å². The SMILES string of the molecule is C=C/C(C)=C\C=C(/C)OCC(=O)O. The maximum Gasteiger partial charge on any atom is 0.341 e. The molecule has 0 aliphatic carbocycles. The van der Waals surface area contributed by atoms with Crippen molar-refractivity contribution in [1.82, 2.24) is 0 Å². The van der Waals surface area contributed by atoms with E-state index in [-0.39, 0.29) is 6.61 Å². The fraction of sp³-hybridized carbons (Fsp3) is 0.300. The van der Waals surface area contributed by atoms with Gasteiger partial charge in [0.05, 0.1) is 5.76 Å². The normalized spacial score (nSPS) is 12.5. The number of aliphatic carboxylic acids is 1. The summed E-state index contributed by atoms with van der Waals surface area (Å²) >= 11 is 0. The minimum Gasteiger partial charge on any atom is -0.487 e. The van der Waals surface area contributed by atoms with Crippen LogP contribution in [0.25, 0.3) is 0 Å². The number of carboxylic acids is 1. The van der Waals surface area contributed by atoms with Gasteiger partial charge in [-0.25, -0.2) is 4.79 Å². The summed E-state index contributed by atoms with van der Waals surface area (Å²) in [6, 6.07) is 0. The molecule has 0 aromatic rings. The molecule has 0 heterocycles. The summed E-state index contributed by atoms with van der Waals surface area (Å²) in [4.78, 5) is 10.1. The first-order valence-electron chi connectivity index (χ1n) is 3.88. The molecule has 0 bridgehead atoms. The zero-order chi connectivity index (χ0) is 10.3. The van der Waals surface area contributed by atoms with Crippen LogP contribution in [-0.4, -0.2) is 17.7 Å². The topological polar surface area (TPSA) is 46.5 Å². The summed E-state index contributed by atoms with van der Waals surface area (Å²) < 4.78 is 4.88. The first kappa shape index (κ1) is 11.5. The minimum absolute atomic E-state index is 0.302. The summed E-state index contributed by atoms with van der Waals surface area (Å²) in [6.45, 7) is 6.88. The molecule has 13 heavy (non-hydrogen) atoms. The number of allylic oxidation sites excluding steroid dienone is 5. The van der Waals surface area contributed by atoms with Crippen LogP contribution in [0.5, 0.6) is 0 Å². The van der Waals surface area contributed by atoms with E-state index in [9.17, 15) is 4.79 Å². The van der Waals surface area contributed by atoms with Gasteiger partial charge in [0.25, 0.3) is 0 Å². The van der Waals surface area contributed by atoms with Crippen molar-refractivity contribution in [1.29, 1.82) is 0 Å². The van der Waals surface area contributed by atoms with Gasteiger partial charge >= 0.3 is 5.97 Å². The molecule has 0 rings (SSSR count). The second-order valence-electron chi connectivity index (χ2n) is 2.57. The molecule has 0 amide bonds. The molecule has 0 aliphatic heterocycles. The molecule has 3 nitrogen and oxygen atoms in total. The first-order valence-corrected chi connectivity index (χ1v) is 3.88. The Balaban J connectivity index is 4.02. The maximum atomic E-state index is 10.1. The van der Waals surface area contributed by atoms with Gasteiger partial charge in [0.1, 0.15) is 0 Å². The van der Waals surface area contributed by atoms with E-state index in [0.717, 1.165) is 5.57 Å². The quantitative estimate of drug-likeness (QED) is 0.523. The predicted molar refractivity (Wildman–Crippen MR) is 51.3 cm³/mol. The lowest BCUT2D eigenvalue weighted by atomic mass is 10.3. The number of hydrogen-bond acceptors (Lipinski definition) is 2. The molecule has 0 saturated carbocycles. The third-order valence-electron chi connectivity index (χ3n) is 1.33. The average Bonchev–Trinajstić information content (AvgIpc) is 2.10. The third kappa shape index (κ3) is 6.87. The highest BCUT2D eigenvalue weighted by atomic mass is 16.5. The van der Waals surface area contributed by atoms with E-state index in [2.05, 4.69) is 6.58 Å². The van der Waals surface area contributed by atoms with Crippen LogP contribution in [0.15, 0.2) is 36.1 Å². The molecule has 3 heteroatoms. The van der Waals surface area contributed by atoms with Crippen molar-refractivity contribution in [3.63, 3.8) is 0 Å². The fourth-order valence-corrected chi connectivity index (χ4v) is 0.541. The van der Waals surface area contributed by atoms with Gasteiger partial charge in [0.15, 0.2) is 6.61 Å². The van der Waals surface area contributed by atoms with Crippen LogP contribution in [0.4, 0.5) is 0 Å². The van der Waals surface area contributed by atoms with Crippen molar-refractivity contribution < 1.29 is 14.6 Å². The Hall–Kier alpha value is -1.51. The standard InChI is InChI=1S/C10H14O3/c1-4-8(2)5-6-9(3)13-7-10(11)12/h4-6H,1,7H2,2-3H3,(H,11,12)/b8-5-,9-6+. The van der Waals surface area contributed by atoms with Crippen LogP contribution in [0.3, 0.4) is 0 Å². The fourth-order valence-electron chi connectivity index (χ4n) is 0.541. The van der Waals surface area contributed by atoms with Gasteiger partial charge in [-0.15, -0.1) is 0 Å². The molecule has 0 fully saturated rings. The molecule has 0 spiro atoms. The molecule has 0 radical (unpaired) electrons. The third-order valence-corrected chi connectivity index (χ3v) is 1.33. The van der Waals surface area contributed by atoms with E-state index < -0.39 is 5.97 Å². The highest BCUT2D eigenvalue weighted by Gasteiger charge is 1.95. The van der Waals surface area contributed by atoms with E-state index in [1.54, 1.807) is 19.1 Å². The Morgan fingerprint density at radius 3 is 2.54 bits per heavy atom. The van der Waals surface area contributed by atoms with E-state index in [1.165, 1.54) is 0 Å². The largest absolute Gasteiger partial charge is 0.487 e. The Morgan fingerprint density at radius 1 is 1.46 bits per heavy atom. The lowest BCUT2D eigenvalue weighted by Gasteiger charge is -2.00. The molecule has 0 unspecified atom stereocenters. The van der Waals surface area contributed by atoms with Crippen molar-refractivity contribution in [2.24, 2.45) is 0 Å². The zero-order valence-electron chi connectivity index (χ0n) is 7.91. The van der Waals surface area contributed by atoms with Gasteiger partial charge in [0, 0.05) is 0 Å². The number of hydrogen-bond donors (Lipinski definition) is 1. The minimum atomic E-state index is -0.975. The van der Waals surface area contributed by atoms with Crippen molar-refractivity contribution in [2.75, 3.05) is 6.61 Å². The molecule has 1 N–H and O–H groups in total. The van der Waals surface area contributed by atoms with Crippen LogP contribution in [0, 0.1) is 0 Å². The molecule has 0 aromatic carbocycles. The number of rotatable bonds is 5. The molecule has 0 atom stereocenters. The Kier molecular flexibility index (Phi) is 5.35. The van der Waals surface area contributed by atoms with Crippen LogP contribution in [0.2, 0.25) is 0 Å². The van der Waals surface area contributed by atoms with Gasteiger partial charge in [-0.2, -0.15) is 0 Å². The zero-order valence-corrected chi connectivity index (χ0v) is 7.91. The Morgan fingerprint density at radius 2 is 2.08 bits per heavy atom. The van der Waals surface area contributed by atoms with Gasteiger partial charge in [-0.3, -0.25) is 0 Å². The summed E-state index contributed by atoms with van der Waals surface area (Å²) in [7, 11) is 0. The van der Waals surface area contributed by atoms with Crippen molar-refractivity contribution >= 4 is 5.97 Å². The molecule has 0 aliphatic rings. The van der Waals surface area contributed by atoms with Crippen LogP contribution < -0.4 is 0 Å². The molecular weight excluding hydrogens is 168 g/mol. The average molecular weight is 182 g/mol. The molecule has 0 saturated heterocycles. The maximum absolute atomic E-state index is 10.1. The summed E-state index contributed by atoms with van der Waals surface area (Å²) in [5.41, 5.74) is 0.998. The van der Waals surface area contributed by atoms with Crippen LogP contribution in [0.1, 0.15) is 13.8 Å². The molecule has 0 aromatic heterocycles. The van der Waals surface area contributed by atoms with Crippen molar-refractivity contribution in [3.8, 4) is 0 Å². The van der Waals surface area contributed by atoms with Crippen molar-refractivity contribution in [2.45, 2.75) is 13.8 Å². The predicted octanol–water partition coefficient (Wildman–Crippen LogP) is 2.12. The molecule has 72 valence electrons. The highest BCUT2D eigenvalue weighted by Crippen LogP contribution is 1.99. The lowest BCUT2D eigenvalue weighted by Crippen LogP contribution is -2.05. The smallest absolute Gasteiger partial charge is 0.341 e. The van der Waals surface area contributed by atoms with E-state index in [0.29, 0.717) is 5.76 Å². The summed E-state index contributed by atoms with van der Waals surface area (Å²) in [5.74, 6) is -0.402. The number of ether oxygens (including phenoxy) is 1.